The number of benzene rings is 1. The summed E-state index contributed by atoms with van der Waals surface area (Å²) in [6, 6.07) is 10.00. The molecule has 4 nitrogen and oxygen atoms in total. The van der Waals surface area contributed by atoms with Gasteiger partial charge in [-0.15, -0.1) is 0 Å². The summed E-state index contributed by atoms with van der Waals surface area (Å²) in [5.41, 5.74) is 0.0376. The van der Waals surface area contributed by atoms with E-state index >= 15 is 0 Å². The first kappa shape index (κ1) is 14.1. The van der Waals surface area contributed by atoms with Crippen molar-refractivity contribution < 1.29 is 14.7 Å². The molecule has 1 amide bonds. The fraction of sp³-hybridized carbons (Fsp3) is 0.529. The summed E-state index contributed by atoms with van der Waals surface area (Å²) in [4.78, 5) is 23.7. The summed E-state index contributed by atoms with van der Waals surface area (Å²) in [7, 11) is 0. The van der Waals surface area contributed by atoms with Gasteiger partial charge in [-0.25, -0.2) is 0 Å². The molecule has 2 fully saturated rings. The Bertz CT molecular complexity index is 544. The number of aliphatic carboxylic acids is 1. The van der Waals surface area contributed by atoms with Gasteiger partial charge in [0.1, 0.15) is 0 Å². The molecule has 0 bridgehead atoms. The number of nitrogens with one attached hydrogen (secondary N) is 1. The lowest BCUT2D eigenvalue weighted by molar-refractivity contribution is -0.158. The minimum atomic E-state index is -0.828. The zero-order valence-electron chi connectivity index (χ0n) is 12.1. The molecule has 21 heavy (non-hydrogen) atoms. The number of carbonyl (C=O) groups excluding carboxylic acids is 1. The summed E-state index contributed by atoms with van der Waals surface area (Å²) in [6.07, 6.45) is 5.22. The molecule has 2 saturated carbocycles. The standard InChI is InChI=1S/C17H21NO3/c19-14(12-16(15(20)21)8-4-9-16)18-17(10-5-11-17)13-6-2-1-3-7-13/h1-3,6-7H,4-5,8-12H2,(H,18,19)(H,20,21). The van der Waals surface area contributed by atoms with Crippen LogP contribution < -0.4 is 5.32 Å². The van der Waals surface area contributed by atoms with E-state index in [4.69, 9.17) is 0 Å². The van der Waals surface area contributed by atoms with Crippen molar-refractivity contribution >= 4 is 11.9 Å². The van der Waals surface area contributed by atoms with Crippen LogP contribution in [0.3, 0.4) is 0 Å². The lowest BCUT2D eigenvalue weighted by Gasteiger charge is -2.44. The highest BCUT2D eigenvalue weighted by molar-refractivity contribution is 5.86. The van der Waals surface area contributed by atoms with Crippen LogP contribution in [0.4, 0.5) is 0 Å². The van der Waals surface area contributed by atoms with Crippen LogP contribution in [0.5, 0.6) is 0 Å². The highest BCUT2D eigenvalue weighted by atomic mass is 16.4. The predicted molar refractivity (Wildman–Crippen MR) is 78.7 cm³/mol. The topological polar surface area (TPSA) is 66.4 Å². The molecule has 1 aromatic rings. The summed E-state index contributed by atoms with van der Waals surface area (Å²) in [5.74, 6) is -0.952. The molecule has 3 rings (SSSR count). The molecule has 2 aliphatic carbocycles. The molecule has 0 spiro atoms. The third kappa shape index (κ3) is 2.43. The van der Waals surface area contributed by atoms with Crippen molar-refractivity contribution in [2.24, 2.45) is 5.41 Å². The van der Waals surface area contributed by atoms with Crippen LogP contribution in [0.2, 0.25) is 0 Å². The molecule has 0 aromatic heterocycles. The third-order valence-corrected chi connectivity index (χ3v) is 5.18. The van der Waals surface area contributed by atoms with E-state index in [1.165, 1.54) is 0 Å². The molecule has 2 N–H and O–H groups in total. The molecule has 0 radical (unpaired) electrons. The second-order valence-electron chi connectivity index (χ2n) is 6.47. The molecule has 4 heteroatoms. The molecule has 112 valence electrons. The van der Waals surface area contributed by atoms with Gasteiger partial charge in [0, 0.05) is 6.42 Å². The van der Waals surface area contributed by atoms with Gasteiger partial charge in [0.2, 0.25) is 5.91 Å². The van der Waals surface area contributed by atoms with Gasteiger partial charge in [0.15, 0.2) is 0 Å². The van der Waals surface area contributed by atoms with Crippen molar-refractivity contribution in [1.82, 2.24) is 5.32 Å². The lowest BCUT2D eigenvalue weighted by atomic mass is 9.66. The Labute approximate surface area is 124 Å². The minimum Gasteiger partial charge on any atom is -0.481 e. The Morgan fingerprint density at radius 2 is 1.67 bits per heavy atom. The van der Waals surface area contributed by atoms with Crippen LogP contribution in [-0.2, 0) is 15.1 Å². The highest BCUT2D eigenvalue weighted by Crippen LogP contribution is 2.45. The number of carbonyl (C=O) groups is 2. The van der Waals surface area contributed by atoms with Crippen LogP contribution >= 0.6 is 0 Å². The second kappa shape index (κ2) is 5.17. The molecule has 1 aromatic carbocycles. The Hall–Kier alpha value is -1.84. The van der Waals surface area contributed by atoms with Crippen molar-refractivity contribution in [3.05, 3.63) is 35.9 Å². The molecule has 0 heterocycles. The Balaban J connectivity index is 1.70. The number of amides is 1. The van der Waals surface area contributed by atoms with Crippen LogP contribution in [0.1, 0.15) is 50.5 Å². The predicted octanol–water partition coefficient (Wildman–Crippen LogP) is 2.83. The van der Waals surface area contributed by atoms with Gasteiger partial charge < -0.3 is 10.4 Å². The second-order valence-corrected chi connectivity index (χ2v) is 6.47. The summed E-state index contributed by atoms with van der Waals surface area (Å²) >= 11 is 0. The van der Waals surface area contributed by atoms with Crippen molar-refractivity contribution in [2.75, 3.05) is 0 Å². The van der Waals surface area contributed by atoms with Gasteiger partial charge in [0.05, 0.1) is 11.0 Å². The molecule has 0 unspecified atom stereocenters. The van der Waals surface area contributed by atoms with E-state index in [1.807, 2.05) is 30.3 Å². The normalized spacial score (nSPS) is 21.7. The first-order chi connectivity index (χ1) is 10.1. The lowest BCUT2D eigenvalue weighted by Crippen LogP contribution is -2.53. The smallest absolute Gasteiger partial charge is 0.310 e. The molecule has 0 aliphatic heterocycles. The van der Waals surface area contributed by atoms with Crippen molar-refractivity contribution in [1.29, 1.82) is 0 Å². The van der Waals surface area contributed by atoms with Crippen LogP contribution in [0.15, 0.2) is 30.3 Å². The summed E-state index contributed by atoms with van der Waals surface area (Å²) < 4.78 is 0. The highest BCUT2D eigenvalue weighted by Gasteiger charge is 2.47. The van der Waals surface area contributed by atoms with Gasteiger partial charge in [-0.3, -0.25) is 9.59 Å². The van der Waals surface area contributed by atoms with E-state index in [1.54, 1.807) is 0 Å². The maximum absolute atomic E-state index is 12.4. The summed E-state index contributed by atoms with van der Waals surface area (Å²) in [5, 5.41) is 12.5. The fourth-order valence-corrected chi connectivity index (χ4v) is 3.46. The zero-order valence-corrected chi connectivity index (χ0v) is 12.1. The van der Waals surface area contributed by atoms with E-state index in [0.717, 1.165) is 31.2 Å². The first-order valence-corrected chi connectivity index (χ1v) is 7.66. The SMILES string of the molecule is O=C(CC1(C(=O)O)CCC1)NC1(c2ccccc2)CCC1. The van der Waals surface area contributed by atoms with Crippen LogP contribution in [0, 0.1) is 5.41 Å². The number of carboxylic acids is 1. The molecular weight excluding hydrogens is 266 g/mol. The largest absolute Gasteiger partial charge is 0.481 e. The van der Waals surface area contributed by atoms with Crippen molar-refractivity contribution in [3.63, 3.8) is 0 Å². The number of rotatable bonds is 5. The monoisotopic (exact) mass is 287 g/mol. The first-order valence-electron chi connectivity index (χ1n) is 7.66. The van der Waals surface area contributed by atoms with E-state index in [0.29, 0.717) is 12.8 Å². The van der Waals surface area contributed by atoms with Crippen LogP contribution in [-0.4, -0.2) is 17.0 Å². The average Bonchev–Trinajstić information content (AvgIpc) is 2.39. The van der Waals surface area contributed by atoms with Gasteiger partial charge in [-0.05, 0) is 37.7 Å². The minimum absolute atomic E-state index is 0.108. The zero-order chi connectivity index (χ0) is 14.9. The molecule has 0 saturated heterocycles. The van der Waals surface area contributed by atoms with Crippen molar-refractivity contribution in [3.8, 4) is 0 Å². The van der Waals surface area contributed by atoms with Gasteiger partial charge in [-0.2, -0.15) is 0 Å². The van der Waals surface area contributed by atoms with Crippen LogP contribution in [0.25, 0.3) is 0 Å². The van der Waals surface area contributed by atoms with E-state index < -0.39 is 11.4 Å². The van der Waals surface area contributed by atoms with Gasteiger partial charge >= 0.3 is 5.97 Å². The van der Waals surface area contributed by atoms with E-state index in [-0.39, 0.29) is 17.9 Å². The number of hydrogen-bond donors (Lipinski definition) is 2. The quantitative estimate of drug-likeness (QED) is 0.875. The van der Waals surface area contributed by atoms with E-state index in [9.17, 15) is 14.7 Å². The molecular formula is C17H21NO3. The number of hydrogen-bond acceptors (Lipinski definition) is 2. The summed E-state index contributed by atoms with van der Waals surface area (Å²) in [6.45, 7) is 0. The Morgan fingerprint density at radius 3 is 2.10 bits per heavy atom. The molecule has 2 aliphatic rings. The Kier molecular flexibility index (Phi) is 3.47. The number of carboxylic acid groups (broad SMARTS) is 1. The third-order valence-electron chi connectivity index (χ3n) is 5.18. The van der Waals surface area contributed by atoms with Gasteiger partial charge in [-0.1, -0.05) is 36.8 Å². The van der Waals surface area contributed by atoms with Gasteiger partial charge in [0.25, 0.3) is 0 Å². The van der Waals surface area contributed by atoms with Crippen molar-refractivity contribution in [2.45, 2.75) is 50.5 Å². The Morgan fingerprint density at radius 1 is 1.05 bits per heavy atom. The maximum Gasteiger partial charge on any atom is 0.310 e. The average molecular weight is 287 g/mol. The maximum atomic E-state index is 12.4. The molecule has 0 atom stereocenters. The fourth-order valence-electron chi connectivity index (χ4n) is 3.46. The van der Waals surface area contributed by atoms with E-state index in [2.05, 4.69) is 5.32 Å².